The van der Waals surface area contributed by atoms with E-state index in [9.17, 15) is 5.11 Å². The summed E-state index contributed by atoms with van der Waals surface area (Å²) >= 11 is 0. The number of hydrogen-bond acceptors (Lipinski definition) is 3. The Kier molecular flexibility index (Phi) is 3.47. The van der Waals surface area contributed by atoms with Crippen molar-refractivity contribution in [2.75, 3.05) is 0 Å². The molecule has 3 aromatic rings. The van der Waals surface area contributed by atoms with Gasteiger partial charge in [0.1, 0.15) is 6.33 Å². The van der Waals surface area contributed by atoms with Crippen molar-refractivity contribution in [3.8, 4) is 5.69 Å². The van der Waals surface area contributed by atoms with Crippen LogP contribution in [0.4, 0.5) is 0 Å². The lowest BCUT2D eigenvalue weighted by Crippen LogP contribution is -2.00. The Morgan fingerprint density at radius 2 is 1.90 bits per heavy atom. The van der Waals surface area contributed by atoms with Crippen molar-refractivity contribution in [1.29, 1.82) is 0 Å². The summed E-state index contributed by atoms with van der Waals surface area (Å²) in [4.78, 5) is 8.81. The molecule has 1 unspecified atom stereocenters. The smallest absolute Gasteiger partial charge is 0.100 e. The molecule has 4 heteroatoms. The number of fused-ring (bicyclic) bond motifs is 1. The summed E-state index contributed by atoms with van der Waals surface area (Å²) in [5, 5.41) is 9.81. The highest BCUT2D eigenvalue weighted by Crippen LogP contribution is 2.22. The molecule has 2 heterocycles. The first-order valence-corrected chi connectivity index (χ1v) is 7.19. The molecule has 0 spiro atoms. The van der Waals surface area contributed by atoms with Gasteiger partial charge in [0.2, 0.25) is 0 Å². The topological polar surface area (TPSA) is 50.9 Å². The summed E-state index contributed by atoms with van der Waals surface area (Å²) in [6.45, 7) is 6.14. The number of nitrogens with zero attached hydrogens (tertiary/aromatic N) is 3. The molecule has 1 aromatic carbocycles. The molecule has 0 aliphatic carbocycles. The highest BCUT2D eigenvalue weighted by Gasteiger charge is 2.09. The first-order chi connectivity index (χ1) is 10.1. The van der Waals surface area contributed by atoms with Gasteiger partial charge >= 0.3 is 0 Å². The number of pyridine rings is 1. The van der Waals surface area contributed by atoms with Crippen LogP contribution in [0.5, 0.6) is 0 Å². The summed E-state index contributed by atoms with van der Waals surface area (Å²) in [6.07, 6.45) is 3.77. The molecular weight excluding hydrogens is 262 g/mol. The normalized spacial score (nSPS) is 12.8. The average Bonchev–Trinajstić information content (AvgIpc) is 2.90. The van der Waals surface area contributed by atoms with Gasteiger partial charge in [-0.1, -0.05) is 6.92 Å². The van der Waals surface area contributed by atoms with Gasteiger partial charge in [0, 0.05) is 0 Å². The highest BCUT2D eigenvalue weighted by atomic mass is 16.3. The standard InChI is InChI=1S/C17H19N3O/c1-4-17(21)14-6-5-13(9-18-14)20-10-19-15-7-11(2)12(3)8-16(15)20/h5-10,17,21H,4H2,1-3H3. The van der Waals surface area contributed by atoms with Gasteiger partial charge in [-0.25, -0.2) is 4.98 Å². The van der Waals surface area contributed by atoms with Crippen LogP contribution in [-0.4, -0.2) is 19.6 Å². The Hall–Kier alpha value is -2.20. The maximum Gasteiger partial charge on any atom is 0.100 e. The molecule has 1 N–H and O–H groups in total. The van der Waals surface area contributed by atoms with E-state index < -0.39 is 6.10 Å². The van der Waals surface area contributed by atoms with Crippen LogP contribution >= 0.6 is 0 Å². The van der Waals surface area contributed by atoms with E-state index in [1.54, 1.807) is 6.20 Å². The molecule has 0 saturated heterocycles. The van der Waals surface area contributed by atoms with Crippen LogP contribution < -0.4 is 0 Å². The minimum Gasteiger partial charge on any atom is -0.387 e. The van der Waals surface area contributed by atoms with E-state index in [1.807, 2.05) is 30.0 Å². The van der Waals surface area contributed by atoms with E-state index in [0.29, 0.717) is 12.1 Å². The van der Waals surface area contributed by atoms with E-state index in [4.69, 9.17) is 0 Å². The molecule has 0 saturated carbocycles. The lowest BCUT2D eigenvalue weighted by molar-refractivity contribution is 0.169. The predicted molar refractivity (Wildman–Crippen MR) is 83.6 cm³/mol. The molecule has 1 atom stereocenters. The number of aromatic nitrogens is 3. The fraction of sp³-hybridized carbons (Fsp3) is 0.294. The Bertz CT molecular complexity index is 775. The molecule has 2 aromatic heterocycles. The van der Waals surface area contributed by atoms with Gasteiger partial charge in [-0.05, 0) is 55.7 Å². The highest BCUT2D eigenvalue weighted by molar-refractivity contribution is 5.79. The molecule has 108 valence electrons. The van der Waals surface area contributed by atoms with Crippen molar-refractivity contribution in [3.05, 3.63) is 53.6 Å². The van der Waals surface area contributed by atoms with Gasteiger partial charge in [-0.15, -0.1) is 0 Å². The molecule has 0 aliphatic rings. The van der Waals surface area contributed by atoms with Crippen LogP contribution in [0.25, 0.3) is 16.7 Å². The minimum absolute atomic E-state index is 0.497. The van der Waals surface area contributed by atoms with Gasteiger partial charge in [0.25, 0.3) is 0 Å². The fourth-order valence-corrected chi connectivity index (χ4v) is 2.42. The van der Waals surface area contributed by atoms with E-state index in [0.717, 1.165) is 16.7 Å². The number of aliphatic hydroxyl groups excluding tert-OH is 1. The van der Waals surface area contributed by atoms with Crippen LogP contribution in [0.1, 0.15) is 36.3 Å². The summed E-state index contributed by atoms with van der Waals surface area (Å²) in [5.41, 5.74) is 6.20. The van der Waals surface area contributed by atoms with Crippen LogP contribution in [0.3, 0.4) is 0 Å². The quantitative estimate of drug-likeness (QED) is 0.799. The van der Waals surface area contributed by atoms with E-state index >= 15 is 0 Å². The molecule has 0 fully saturated rings. The number of benzene rings is 1. The third kappa shape index (κ3) is 2.43. The molecule has 0 amide bonds. The first-order valence-electron chi connectivity index (χ1n) is 7.19. The maximum absolute atomic E-state index is 9.81. The first kappa shape index (κ1) is 13.8. The van der Waals surface area contributed by atoms with Gasteiger partial charge in [0.05, 0.1) is 34.7 Å². The second-order valence-electron chi connectivity index (χ2n) is 5.41. The molecule has 0 bridgehead atoms. The van der Waals surface area contributed by atoms with Gasteiger partial charge in [-0.2, -0.15) is 0 Å². The predicted octanol–water partition coefficient (Wildman–Crippen LogP) is 3.48. The second-order valence-corrected chi connectivity index (χ2v) is 5.41. The molecule has 3 rings (SSSR count). The lowest BCUT2D eigenvalue weighted by atomic mass is 10.1. The summed E-state index contributed by atoms with van der Waals surface area (Å²) in [5.74, 6) is 0. The van der Waals surface area contributed by atoms with Crippen LogP contribution in [0, 0.1) is 13.8 Å². The van der Waals surface area contributed by atoms with E-state index in [-0.39, 0.29) is 0 Å². The van der Waals surface area contributed by atoms with Crippen molar-refractivity contribution in [1.82, 2.24) is 14.5 Å². The van der Waals surface area contributed by atoms with Crippen molar-refractivity contribution < 1.29 is 5.11 Å². The Labute approximate surface area is 124 Å². The van der Waals surface area contributed by atoms with E-state index in [1.165, 1.54) is 11.1 Å². The monoisotopic (exact) mass is 281 g/mol. The molecule has 0 aliphatic heterocycles. The van der Waals surface area contributed by atoms with Crippen LogP contribution in [-0.2, 0) is 0 Å². The van der Waals surface area contributed by atoms with Gasteiger partial charge in [-0.3, -0.25) is 9.55 Å². The summed E-state index contributed by atoms with van der Waals surface area (Å²) in [6, 6.07) is 8.09. The number of imidazole rings is 1. The third-order valence-electron chi connectivity index (χ3n) is 3.94. The summed E-state index contributed by atoms with van der Waals surface area (Å²) in [7, 11) is 0. The van der Waals surface area contributed by atoms with Crippen LogP contribution in [0.15, 0.2) is 36.8 Å². The van der Waals surface area contributed by atoms with Gasteiger partial charge < -0.3 is 5.11 Å². The largest absolute Gasteiger partial charge is 0.387 e. The Morgan fingerprint density at radius 3 is 2.57 bits per heavy atom. The van der Waals surface area contributed by atoms with Crippen molar-refractivity contribution in [3.63, 3.8) is 0 Å². The number of rotatable bonds is 3. The van der Waals surface area contributed by atoms with Gasteiger partial charge in [0.15, 0.2) is 0 Å². The van der Waals surface area contributed by atoms with Crippen molar-refractivity contribution in [2.24, 2.45) is 0 Å². The Balaban J connectivity index is 2.06. The maximum atomic E-state index is 9.81. The average molecular weight is 281 g/mol. The SMILES string of the molecule is CCC(O)c1ccc(-n2cnc3cc(C)c(C)cc32)cn1. The third-order valence-corrected chi connectivity index (χ3v) is 3.94. The molecule has 0 radical (unpaired) electrons. The van der Waals surface area contributed by atoms with Crippen molar-refractivity contribution in [2.45, 2.75) is 33.3 Å². The van der Waals surface area contributed by atoms with E-state index in [2.05, 4.69) is 35.9 Å². The minimum atomic E-state index is -0.497. The fourth-order valence-electron chi connectivity index (χ4n) is 2.42. The summed E-state index contributed by atoms with van der Waals surface area (Å²) < 4.78 is 2.02. The zero-order chi connectivity index (χ0) is 15.0. The number of aliphatic hydroxyl groups is 1. The van der Waals surface area contributed by atoms with Crippen LogP contribution in [0.2, 0.25) is 0 Å². The Morgan fingerprint density at radius 1 is 1.14 bits per heavy atom. The second kappa shape index (κ2) is 5.30. The number of aryl methyl sites for hydroxylation is 2. The molecular formula is C17H19N3O. The number of hydrogen-bond donors (Lipinski definition) is 1. The zero-order valence-electron chi connectivity index (χ0n) is 12.5. The zero-order valence-corrected chi connectivity index (χ0v) is 12.5. The van der Waals surface area contributed by atoms with Crippen molar-refractivity contribution >= 4 is 11.0 Å². The lowest BCUT2D eigenvalue weighted by Gasteiger charge is -2.09. The molecule has 21 heavy (non-hydrogen) atoms. The molecule has 4 nitrogen and oxygen atoms in total.